The molecule has 0 aromatic heterocycles. The minimum Gasteiger partial charge on any atom is -0.292 e. The van der Waals surface area contributed by atoms with Crippen LogP contribution in [-0.4, -0.2) is 23.9 Å². The Bertz CT molecular complexity index is 247. The highest BCUT2D eigenvalue weighted by Crippen LogP contribution is 2.33. The molecule has 0 N–H and O–H groups in total. The van der Waals surface area contributed by atoms with Crippen LogP contribution < -0.4 is 0 Å². The fourth-order valence-corrected chi connectivity index (χ4v) is 1.74. The van der Waals surface area contributed by atoms with Crippen LogP contribution in [0.25, 0.3) is 0 Å². The number of alkyl halides is 1. The number of benzene rings is 1. The van der Waals surface area contributed by atoms with E-state index in [1.165, 1.54) is 12.1 Å². The van der Waals surface area contributed by atoms with Gasteiger partial charge in [-0.15, -0.1) is 11.6 Å². The zero-order valence-electron chi connectivity index (χ0n) is 6.91. The minimum absolute atomic E-state index is 0.643. The van der Waals surface area contributed by atoms with Gasteiger partial charge in [0, 0.05) is 25.0 Å². The lowest BCUT2D eigenvalue weighted by molar-refractivity contribution is 0.547. The topological polar surface area (TPSA) is 3.01 Å². The molecule has 1 aromatic rings. The second-order valence-corrected chi connectivity index (χ2v) is 3.49. The summed E-state index contributed by atoms with van der Waals surface area (Å²) < 4.78 is 0. The number of halogens is 1. The highest BCUT2D eigenvalue weighted by atomic mass is 35.5. The molecule has 1 aliphatic rings. The lowest BCUT2D eigenvalue weighted by Gasteiger charge is -1.99. The van der Waals surface area contributed by atoms with Crippen molar-refractivity contribution in [2.75, 3.05) is 19.0 Å². The second kappa shape index (κ2) is 3.46. The van der Waals surface area contributed by atoms with Crippen LogP contribution in [0, 0.1) is 0 Å². The van der Waals surface area contributed by atoms with Gasteiger partial charge in [0.25, 0.3) is 0 Å². The van der Waals surface area contributed by atoms with E-state index in [2.05, 4.69) is 35.2 Å². The van der Waals surface area contributed by atoms with Gasteiger partial charge in [-0.3, -0.25) is 4.90 Å². The highest BCUT2D eigenvalue weighted by molar-refractivity contribution is 6.18. The van der Waals surface area contributed by atoms with Crippen molar-refractivity contribution < 1.29 is 0 Å². The van der Waals surface area contributed by atoms with Crippen molar-refractivity contribution in [1.82, 2.24) is 4.90 Å². The van der Waals surface area contributed by atoms with Crippen LogP contribution in [0.1, 0.15) is 11.6 Å². The third-order valence-electron chi connectivity index (χ3n) is 2.27. The summed E-state index contributed by atoms with van der Waals surface area (Å²) in [5, 5.41) is 0. The monoisotopic (exact) mass is 181 g/mol. The third-order valence-corrected chi connectivity index (χ3v) is 2.44. The molecule has 1 aliphatic heterocycles. The first-order chi connectivity index (χ1) is 5.92. The summed E-state index contributed by atoms with van der Waals surface area (Å²) in [6.07, 6.45) is 0. The van der Waals surface area contributed by atoms with Crippen molar-refractivity contribution in [2.24, 2.45) is 0 Å². The van der Waals surface area contributed by atoms with Crippen LogP contribution >= 0.6 is 11.6 Å². The van der Waals surface area contributed by atoms with Crippen molar-refractivity contribution in [3.8, 4) is 0 Å². The van der Waals surface area contributed by atoms with Crippen LogP contribution in [0.2, 0.25) is 0 Å². The van der Waals surface area contributed by atoms with Crippen LogP contribution in [0.4, 0.5) is 0 Å². The Morgan fingerprint density at radius 3 is 2.75 bits per heavy atom. The Morgan fingerprint density at radius 1 is 1.33 bits per heavy atom. The molecule has 1 nitrogen and oxygen atoms in total. The van der Waals surface area contributed by atoms with E-state index in [9.17, 15) is 0 Å². The smallest absolute Gasteiger partial charge is 0.0476 e. The average molecular weight is 182 g/mol. The lowest BCUT2D eigenvalue weighted by atomic mass is 10.2. The normalized spacial score (nSPS) is 27.1. The summed E-state index contributed by atoms with van der Waals surface area (Å²) in [6.45, 7) is 2.19. The van der Waals surface area contributed by atoms with Gasteiger partial charge in [0.15, 0.2) is 0 Å². The summed E-state index contributed by atoms with van der Waals surface area (Å²) in [7, 11) is 0. The number of nitrogens with zero attached hydrogens (tertiary/aromatic N) is 1. The van der Waals surface area contributed by atoms with Gasteiger partial charge in [-0.1, -0.05) is 30.3 Å². The van der Waals surface area contributed by atoms with Gasteiger partial charge in [0.05, 0.1) is 0 Å². The van der Waals surface area contributed by atoms with Crippen LogP contribution in [-0.2, 0) is 0 Å². The molecular formula is C10H12ClN. The van der Waals surface area contributed by atoms with Gasteiger partial charge in [0.1, 0.15) is 0 Å². The molecule has 0 amide bonds. The maximum atomic E-state index is 5.65. The number of hydrogen-bond acceptors (Lipinski definition) is 1. The summed E-state index contributed by atoms with van der Waals surface area (Å²) in [4.78, 5) is 2.38. The first kappa shape index (κ1) is 8.09. The van der Waals surface area contributed by atoms with E-state index in [1.807, 2.05) is 0 Å². The van der Waals surface area contributed by atoms with E-state index >= 15 is 0 Å². The molecule has 2 rings (SSSR count). The van der Waals surface area contributed by atoms with Crippen molar-refractivity contribution in [3.05, 3.63) is 35.9 Å². The molecule has 2 atom stereocenters. The number of hydrogen-bond donors (Lipinski definition) is 0. The Balaban J connectivity index is 1.97. The van der Waals surface area contributed by atoms with E-state index in [0.717, 1.165) is 12.4 Å². The van der Waals surface area contributed by atoms with Gasteiger partial charge in [-0.2, -0.15) is 0 Å². The minimum atomic E-state index is 0.643. The van der Waals surface area contributed by atoms with Crippen LogP contribution in [0.15, 0.2) is 30.3 Å². The van der Waals surface area contributed by atoms with E-state index in [-0.39, 0.29) is 0 Å². The maximum Gasteiger partial charge on any atom is 0.0476 e. The van der Waals surface area contributed by atoms with Crippen LogP contribution in [0.5, 0.6) is 0 Å². The molecule has 0 saturated carbocycles. The fourth-order valence-electron chi connectivity index (χ4n) is 1.52. The molecule has 2 heteroatoms. The Morgan fingerprint density at radius 2 is 2.08 bits per heavy atom. The molecular weight excluding hydrogens is 170 g/mol. The van der Waals surface area contributed by atoms with E-state index in [0.29, 0.717) is 6.04 Å². The van der Waals surface area contributed by atoms with Gasteiger partial charge in [-0.25, -0.2) is 0 Å². The van der Waals surface area contributed by atoms with Gasteiger partial charge < -0.3 is 0 Å². The predicted molar refractivity (Wildman–Crippen MR) is 51.5 cm³/mol. The molecule has 0 aliphatic carbocycles. The van der Waals surface area contributed by atoms with Crippen molar-refractivity contribution in [1.29, 1.82) is 0 Å². The molecule has 1 aromatic carbocycles. The molecule has 1 fully saturated rings. The zero-order valence-corrected chi connectivity index (χ0v) is 7.67. The van der Waals surface area contributed by atoms with E-state index in [4.69, 9.17) is 11.6 Å². The summed E-state index contributed by atoms with van der Waals surface area (Å²) in [5.41, 5.74) is 1.42. The molecule has 64 valence electrons. The first-order valence-corrected chi connectivity index (χ1v) is 4.80. The van der Waals surface area contributed by atoms with E-state index < -0.39 is 0 Å². The van der Waals surface area contributed by atoms with Crippen molar-refractivity contribution >= 4 is 11.6 Å². The lowest BCUT2D eigenvalue weighted by Crippen LogP contribution is -2.01. The molecule has 1 saturated heterocycles. The fraction of sp³-hybridized carbons (Fsp3) is 0.400. The quantitative estimate of drug-likeness (QED) is 0.511. The average Bonchev–Trinajstić information content (AvgIpc) is 2.87. The molecule has 0 bridgehead atoms. The third kappa shape index (κ3) is 1.62. The standard InChI is InChI=1S/C10H12ClN/c11-6-7-12-8-10(12)9-4-2-1-3-5-9/h1-5,10H,6-8H2/t10-,12?/m0/s1. The zero-order chi connectivity index (χ0) is 8.39. The van der Waals surface area contributed by atoms with Crippen LogP contribution in [0.3, 0.4) is 0 Å². The van der Waals surface area contributed by atoms with Gasteiger partial charge >= 0.3 is 0 Å². The van der Waals surface area contributed by atoms with Gasteiger partial charge in [-0.05, 0) is 5.56 Å². The summed E-state index contributed by atoms with van der Waals surface area (Å²) >= 11 is 5.65. The van der Waals surface area contributed by atoms with Crippen molar-refractivity contribution in [2.45, 2.75) is 6.04 Å². The van der Waals surface area contributed by atoms with Crippen molar-refractivity contribution in [3.63, 3.8) is 0 Å². The second-order valence-electron chi connectivity index (χ2n) is 3.11. The molecule has 0 spiro atoms. The maximum absolute atomic E-state index is 5.65. The van der Waals surface area contributed by atoms with E-state index in [1.54, 1.807) is 0 Å². The summed E-state index contributed by atoms with van der Waals surface area (Å²) in [6, 6.07) is 11.2. The largest absolute Gasteiger partial charge is 0.292 e. The SMILES string of the molecule is ClCCN1C[C@H]1c1ccccc1. The Labute approximate surface area is 77.9 Å². The first-order valence-electron chi connectivity index (χ1n) is 4.27. The highest BCUT2D eigenvalue weighted by Gasteiger charge is 2.33. The molecule has 12 heavy (non-hydrogen) atoms. The summed E-state index contributed by atoms with van der Waals surface area (Å²) in [5.74, 6) is 0.739. The van der Waals surface area contributed by atoms with Gasteiger partial charge in [0.2, 0.25) is 0 Å². The number of rotatable bonds is 3. The molecule has 0 radical (unpaired) electrons. The Kier molecular flexibility index (Phi) is 2.33. The Hall–Kier alpha value is -0.530. The predicted octanol–water partition coefficient (Wildman–Crippen LogP) is 2.28. The molecule has 1 unspecified atom stereocenters. The molecule has 1 heterocycles.